The number of anilines is 1. The summed E-state index contributed by atoms with van der Waals surface area (Å²) < 4.78 is 5.24. The molecule has 1 aliphatic rings. The maximum atomic E-state index is 13.5. The Hall–Kier alpha value is -3.69. The molecule has 0 unspecified atom stereocenters. The van der Waals surface area contributed by atoms with Crippen LogP contribution in [0.3, 0.4) is 0 Å². The molecule has 1 fully saturated rings. The van der Waals surface area contributed by atoms with Crippen LogP contribution in [-0.2, 0) is 11.3 Å². The van der Waals surface area contributed by atoms with Gasteiger partial charge in [0, 0.05) is 12.1 Å². The zero-order valence-corrected chi connectivity index (χ0v) is 19.6. The number of rotatable bonds is 6. The normalized spacial score (nSPS) is 17.6. The van der Waals surface area contributed by atoms with E-state index in [0.717, 1.165) is 22.3 Å². The monoisotopic (exact) mass is 455 g/mol. The molecule has 2 aromatic carbocycles. The van der Waals surface area contributed by atoms with E-state index in [2.05, 4.69) is 11.1 Å². The molecule has 0 aliphatic heterocycles. The predicted octanol–water partition coefficient (Wildman–Crippen LogP) is 5.02. The number of aromatic nitrogens is 1. The van der Waals surface area contributed by atoms with Gasteiger partial charge in [-0.3, -0.25) is 9.69 Å². The van der Waals surface area contributed by atoms with E-state index >= 15 is 0 Å². The molecule has 1 saturated carbocycles. The van der Waals surface area contributed by atoms with Gasteiger partial charge in [0.2, 0.25) is 5.91 Å². The molecule has 4 rings (SSSR count). The number of hydrogen-bond acceptors (Lipinski definition) is 5. The Kier molecular flexibility index (Phi) is 7.24. The highest BCUT2D eigenvalue weighted by atomic mass is 16.5. The first-order valence-electron chi connectivity index (χ1n) is 11.6. The zero-order valence-electron chi connectivity index (χ0n) is 19.6. The first-order valence-corrected chi connectivity index (χ1v) is 11.6. The largest absolute Gasteiger partial charge is 0.495 e. The fourth-order valence-electron chi connectivity index (χ4n) is 4.44. The van der Waals surface area contributed by atoms with Gasteiger partial charge in [-0.2, -0.15) is 5.26 Å². The fourth-order valence-corrected chi connectivity index (χ4v) is 4.44. The summed E-state index contributed by atoms with van der Waals surface area (Å²) in [6, 6.07) is 19.6. The number of aryl methyl sites for hydroxylation is 1. The SMILES string of the molecule is COc1ccc(-c2ccc(CN(C(=O)C3CCC(O)CC3)c3cc(C)ccn3)cc2)cc1C#N. The van der Waals surface area contributed by atoms with Crippen LogP contribution < -0.4 is 9.64 Å². The van der Waals surface area contributed by atoms with E-state index in [0.29, 0.717) is 49.4 Å². The van der Waals surface area contributed by atoms with Crippen molar-refractivity contribution in [3.8, 4) is 22.9 Å². The topological polar surface area (TPSA) is 86.4 Å². The molecule has 6 nitrogen and oxygen atoms in total. The number of methoxy groups -OCH3 is 1. The van der Waals surface area contributed by atoms with E-state index in [1.165, 1.54) is 0 Å². The van der Waals surface area contributed by atoms with Crippen LogP contribution in [0.5, 0.6) is 5.75 Å². The molecule has 0 radical (unpaired) electrons. The summed E-state index contributed by atoms with van der Waals surface area (Å²) >= 11 is 0. The number of nitriles is 1. The predicted molar refractivity (Wildman–Crippen MR) is 131 cm³/mol. The van der Waals surface area contributed by atoms with Gasteiger partial charge in [-0.05, 0) is 79.1 Å². The fraction of sp³-hybridized carbons (Fsp3) is 0.321. The van der Waals surface area contributed by atoms with Crippen LogP contribution in [0.4, 0.5) is 5.82 Å². The molecule has 0 spiro atoms. The Morgan fingerprint density at radius 3 is 2.44 bits per heavy atom. The summed E-state index contributed by atoms with van der Waals surface area (Å²) in [5, 5.41) is 19.2. The number of benzene rings is 2. The summed E-state index contributed by atoms with van der Waals surface area (Å²) in [6.07, 6.45) is 4.13. The number of aliphatic hydroxyl groups is 1. The molecule has 3 aromatic rings. The summed E-state index contributed by atoms with van der Waals surface area (Å²) in [5.74, 6) is 1.16. The third-order valence-electron chi connectivity index (χ3n) is 6.44. The number of ether oxygens (including phenoxy) is 1. The Balaban J connectivity index is 1.58. The lowest BCUT2D eigenvalue weighted by Gasteiger charge is -2.30. The van der Waals surface area contributed by atoms with Gasteiger partial charge in [0.05, 0.1) is 25.3 Å². The minimum Gasteiger partial charge on any atom is -0.495 e. The number of carbonyl (C=O) groups is 1. The van der Waals surface area contributed by atoms with Crippen LogP contribution in [0.25, 0.3) is 11.1 Å². The van der Waals surface area contributed by atoms with E-state index in [-0.39, 0.29) is 17.9 Å². The number of aliphatic hydroxyl groups excluding tert-OH is 1. The molecule has 34 heavy (non-hydrogen) atoms. The van der Waals surface area contributed by atoms with E-state index < -0.39 is 0 Å². The van der Waals surface area contributed by atoms with Gasteiger partial charge in [-0.25, -0.2) is 4.98 Å². The average Bonchev–Trinajstić information content (AvgIpc) is 2.87. The van der Waals surface area contributed by atoms with Gasteiger partial charge in [0.1, 0.15) is 17.6 Å². The molecule has 1 N–H and O–H groups in total. The van der Waals surface area contributed by atoms with Crippen LogP contribution in [0.1, 0.15) is 42.4 Å². The minimum atomic E-state index is -0.304. The van der Waals surface area contributed by atoms with Gasteiger partial charge in [0.15, 0.2) is 0 Å². The Bertz CT molecular complexity index is 1190. The van der Waals surface area contributed by atoms with Crippen LogP contribution in [0.15, 0.2) is 60.8 Å². The van der Waals surface area contributed by atoms with Gasteiger partial charge in [-0.15, -0.1) is 0 Å². The van der Waals surface area contributed by atoms with Crippen LogP contribution in [0, 0.1) is 24.2 Å². The third kappa shape index (κ3) is 5.27. The molecule has 1 aliphatic carbocycles. The first-order chi connectivity index (χ1) is 16.5. The highest BCUT2D eigenvalue weighted by molar-refractivity contribution is 5.94. The van der Waals surface area contributed by atoms with Crippen LogP contribution in [-0.4, -0.2) is 29.2 Å². The van der Waals surface area contributed by atoms with E-state index in [4.69, 9.17) is 4.74 Å². The third-order valence-corrected chi connectivity index (χ3v) is 6.44. The van der Waals surface area contributed by atoms with Gasteiger partial charge >= 0.3 is 0 Å². The lowest BCUT2D eigenvalue weighted by atomic mass is 9.86. The van der Waals surface area contributed by atoms with Gasteiger partial charge in [-0.1, -0.05) is 30.3 Å². The standard InChI is InChI=1S/C28H29N3O3/c1-19-13-14-30-27(15-19)31(28(33)22-7-10-25(32)11-8-22)18-20-3-5-21(6-4-20)23-9-12-26(34-2)24(16-23)17-29/h3-6,9,12-16,22,25,32H,7-8,10-11,18H2,1-2H3. The van der Waals surface area contributed by atoms with Crippen molar-refractivity contribution in [1.29, 1.82) is 5.26 Å². The van der Waals surface area contributed by atoms with E-state index in [9.17, 15) is 15.2 Å². The highest BCUT2D eigenvalue weighted by Gasteiger charge is 2.30. The van der Waals surface area contributed by atoms with Crippen LogP contribution >= 0.6 is 0 Å². The Morgan fingerprint density at radius 1 is 1.09 bits per heavy atom. The molecule has 0 atom stereocenters. The van der Waals surface area contributed by atoms with Gasteiger partial charge < -0.3 is 9.84 Å². The quantitative estimate of drug-likeness (QED) is 0.564. The van der Waals surface area contributed by atoms with Crippen molar-refractivity contribution in [1.82, 2.24) is 4.98 Å². The van der Waals surface area contributed by atoms with Crippen molar-refractivity contribution in [2.24, 2.45) is 5.92 Å². The minimum absolute atomic E-state index is 0.0582. The smallest absolute Gasteiger partial charge is 0.231 e. The molecular formula is C28H29N3O3. The number of hydrogen-bond donors (Lipinski definition) is 1. The summed E-state index contributed by atoms with van der Waals surface area (Å²) in [7, 11) is 1.55. The van der Waals surface area contributed by atoms with Crippen molar-refractivity contribution >= 4 is 11.7 Å². The zero-order chi connectivity index (χ0) is 24.1. The maximum absolute atomic E-state index is 13.5. The Morgan fingerprint density at radius 2 is 1.79 bits per heavy atom. The molecular weight excluding hydrogens is 426 g/mol. The molecule has 0 saturated heterocycles. The number of amides is 1. The summed E-state index contributed by atoms with van der Waals surface area (Å²) in [6.45, 7) is 2.41. The molecule has 0 bridgehead atoms. The second-order valence-corrected chi connectivity index (χ2v) is 8.85. The first kappa shape index (κ1) is 23.5. The molecule has 1 aromatic heterocycles. The highest BCUT2D eigenvalue weighted by Crippen LogP contribution is 2.30. The summed E-state index contributed by atoms with van der Waals surface area (Å²) in [5.41, 5.74) is 4.44. The molecule has 1 amide bonds. The molecule has 6 heteroatoms. The van der Waals surface area contributed by atoms with E-state index in [1.54, 1.807) is 24.3 Å². The van der Waals surface area contributed by atoms with Crippen molar-refractivity contribution < 1.29 is 14.6 Å². The molecule has 1 heterocycles. The molecule has 174 valence electrons. The lowest BCUT2D eigenvalue weighted by Crippen LogP contribution is -2.38. The second kappa shape index (κ2) is 10.5. The van der Waals surface area contributed by atoms with Crippen molar-refractivity contribution in [3.05, 3.63) is 77.5 Å². The number of nitrogens with zero attached hydrogens (tertiary/aromatic N) is 3. The van der Waals surface area contributed by atoms with Crippen molar-refractivity contribution in [2.75, 3.05) is 12.0 Å². The van der Waals surface area contributed by atoms with Crippen molar-refractivity contribution in [2.45, 2.75) is 45.3 Å². The lowest BCUT2D eigenvalue weighted by molar-refractivity contribution is -0.124. The van der Waals surface area contributed by atoms with Gasteiger partial charge in [0.25, 0.3) is 0 Å². The second-order valence-electron chi connectivity index (χ2n) is 8.85. The van der Waals surface area contributed by atoms with Crippen molar-refractivity contribution in [3.63, 3.8) is 0 Å². The number of carbonyl (C=O) groups excluding carboxylic acids is 1. The summed E-state index contributed by atoms with van der Waals surface area (Å²) in [4.78, 5) is 19.8. The average molecular weight is 456 g/mol. The van der Waals surface area contributed by atoms with E-state index in [1.807, 2.05) is 55.5 Å². The van der Waals surface area contributed by atoms with Crippen LogP contribution in [0.2, 0.25) is 0 Å². The maximum Gasteiger partial charge on any atom is 0.231 e. The Labute approximate surface area is 200 Å². The number of pyridine rings is 1.